The molecule has 0 saturated heterocycles. The Hall–Kier alpha value is -2.08. The fourth-order valence-corrected chi connectivity index (χ4v) is 3.06. The summed E-state index contributed by atoms with van der Waals surface area (Å²) in [6.07, 6.45) is 11.7. The van der Waals surface area contributed by atoms with E-state index in [0.717, 1.165) is 35.3 Å². The number of hydrogen-bond acceptors (Lipinski definition) is 5. The van der Waals surface area contributed by atoms with E-state index in [1.54, 1.807) is 11.8 Å². The van der Waals surface area contributed by atoms with Crippen molar-refractivity contribution in [3.63, 3.8) is 0 Å². The zero-order valence-corrected chi connectivity index (χ0v) is 16.5. The Morgan fingerprint density at radius 2 is 2.12 bits per heavy atom. The molecular weight excluding hydrogens is 330 g/mol. The van der Waals surface area contributed by atoms with Gasteiger partial charge in [0.25, 0.3) is 0 Å². The first-order chi connectivity index (χ1) is 12.0. The van der Waals surface area contributed by atoms with Crippen LogP contribution in [0.5, 0.6) is 0 Å². The minimum absolute atomic E-state index is 0.240. The summed E-state index contributed by atoms with van der Waals surface area (Å²) in [7, 11) is 0. The average Bonchev–Trinajstić information content (AvgIpc) is 3.01. The van der Waals surface area contributed by atoms with Crippen LogP contribution in [-0.4, -0.2) is 26.0 Å². The summed E-state index contributed by atoms with van der Waals surface area (Å²) in [6, 6.07) is 0.240. The summed E-state index contributed by atoms with van der Waals surface area (Å²) in [5.41, 5.74) is 2.71. The van der Waals surface area contributed by atoms with Crippen molar-refractivity contribution in [3.05, 3.63) is 47.3 Å². The molecule has 0 aliphatic carbocycles. The molecule has 0 fully saturated rings. The van der Waals surface area contributed by atoms with Crippen molar-refractivity contribution in [2.75, 3.05) is 11.6 Å². The highest BCUT2D eigenvalue weighted by Gasteiger charge is 2.14. The largest absolute Gasteiger partial charge is 0.328 e. The predicted molar refractivity (Wildman–Crippen MR) is 109 cm³/mol. The topological polar surface area (TPSA) is 55.6 Å². The second kappa shape index (κ2) is 8.85. The highest BCUT2D eigenvalue weighted by Crippen LogP contribution is 2.24. The number of allylic oxidation sites excluding steroid dienone is 4. The van der Waals surface area contributed by atoms with Gasteiger partial charge in [-0.25, -0.2) is 9.67 Å². The van der Waals surface area contributed by atoms with Gasteiger partial charge in [-0.3, -0.25) is 0 Å². The Balaban J connectivity index is 2.38. The van der Waals surface area contributed by atoms with Crippen molar-refractivity contribution < 1.29 is 0 Å². The van der Waals surface area contributed by atoms with E-state index < -0.39 is 0 Å². The molecule has 1 N–H and O–H groups in total. The van der Waals surface area contributed by atoms with Crippen LogP contribution in [0.1, 0.15) is 45.9 Å². The lowest BCUT2D eigenvalue weighted by atomic mass is 10.2. The van der Waals surface area contributed by atoms with Gasteiger partial charge < -0.3 is 5.32 Å². The fraction of sp³-hybridized carbons (Fsp3) is 0.421. The van der Waals surface area contributed by atoms with Crippen molar-refractivity contribution >= 4 is 28.7 Å². The predicted octanol–water partition coefficient (Wildman–Crippen LogP) is 5.11. The second-order valence-corrected chi connectivity index (χ2v) is 6.98. The molecule has 0 unspecified atom stereocenters. The van der Waals surface area contributed by atoms with Crippen molar-refractivity contribution in [1.82, 2.24) is 19.7 Å². The third-order valence-corrected chi connectivity index (χ3v) is 4.73. The van der Waals surface area contributed by atoms with Gasteiger partial charge in [-0.2, -0.15) is 10.1 Å². The van der Waals surface area contributed by atoms with E-state index in [1.807, 2.05) is 30.8 Å². The summed E-state index contributed by atoms with van der Waals surface area (Å²) in [5, 5.41) is 8.76. The third-order valence-electron chi connectivity index (χ3n) is 3.83. The molecule has 5 nitrogen and oxygen atoms in total. The molecule has 0 saturated carbocycles. The molecule has 25 heavy (non-hydrogen) atoms. The Morgan fingerprint density at radius 1 is 1.36 bits per heavy atom. The smallest absolute Gasteiger partial charge is 0.229 e. The quantitative estimate of drug-likeness (QED) is 0.665. The molecule has 0 amide bonds. The van der Waals surface area contributed by atoms with Crippen LogP contribution in [0, 0.1) is 0 Å². The number of nitrogens with zero attached hydrogens (tertiary/aromatic N) is 4. The van der Waals surface area contributed by atoms with E-state index in [0.29, 0.717) is 5.95 Å². The van der Waals surface area contributed by atoms with Gasteiger partial charge in [0.05, 0.1) is 17.3 Å². The van der Waals surface area contributed by atoms with Gasteiger partial charge in [0.1, 0.15) is 0 Å². The number of fused-ring (bicyclic) bond motifs is 1. The average molecular weight is 358 g/mol. The minimum atomic E-state index is 0.240. The molecular formula is C19H27N5S. The molecule has 0 bridgehead atoms. The van der Waals surface area contributed by atoms with Crippen LogP contribution in [0.25, 0.3) is 11.0 Å². The van der Waals surface area contributed by atoms with E-state index in [4.69, 9.17) is 9.97 Å². The molecule has 0 aliphatic heterocycles. The number of thioether (sulfide) groups is 1. The maximum atomic E-state index is 4.70. The summed E-state index contributed by atoms with van der Waals surface area (Å²) in [5.74, 6) is 0.580. The van der Waals surface area contributed by atoms with Crippen LogP contribution in [0.15, 0.2) is 41.6 Å². The lowest BCUT2D eigenvalue weighted by molar-refractivity contribution is 0.546. The molecule has 2 aromatic heterocycles. The molecule has 0 spiro atoms. The first-order valence-corrected chi connectivity index (χ1v) is 9.71. The Kier molecular flexibility index (Phi) is 6.82. The molecule has 134 valence electrons. The van der Waals surface area contributed by atoms with Gasteiger partial charge in [-0.1, -0.05) is 24.8 Å². The van der Waals surface area contributed by atoms with E-state index >= 15 is 0 Å². The van der Waals surface area contributed by atoms with Crippen LogP contribution in [0.3, 0.4) is 0 Å². The van der Waals surface area contributed by atoms with Crippen LogP contribution in [0.4, 0.5) is 5.95 Å². The normalized spacial score (nSPS) is 12.5. The Morgan fingerprint density at radius 3 is 2.72 bits per heavy atom. The summed E-state index contributed by atoms with van der Waals surface area (Å²) in [4.78, 5) is 10.7. The van der Waals surface area contributed by atoms with Gasteiger partial charge in [0.15, 0.2) is 5.65 Å². The summed E-state index contributed by atoms with van der Waals surface area (Å²) in [6.45, 7) is 12.4. The molecule has 2 heterocycles. The number of nitrogens with one attached hydrogen (secondary N) is 1. The highest BCUT2D eigenvalue weighted by molar-refractivity contribution is 8.02. The minimum Gasteiger partial charge on any atom is -0.328 e. The molecule has 6 heteroatoms. The van der Waals surface area contributed by atoms with Gasteiger partial charge in [0, 0.05) is 24.6 Å². The molecule has 0 aliphatic rings. The number of hydrogen-bond donors (Lipinski definition) is 1. The van der Waals surface area contributed by atoms with E-state index in [-0.39, 0.29) is 6.04 Å². The van der Waals surface area contributed by atoms with Gasteiger partial charge in [0.2, 0.25) is 5.95 Å². The SMILES string of the molecule is C=C(C/C(=C/C)SC)Nc1nc(C/C=C\C)c2cnn(C(C)C)c2n1. The molecule has 0 aromatic carbocycles. The van der Waals surface area contributed by atoms with E-state index in [2.05, 4.69) is 49.2 Å². The number of aromatic nitrogens is 4. The van der Waals surface area contributed by atoms with Crippen LogP contribution >= 0.6 is 11.8 Å². The maximum Gasteiger partial charge on any atom is 0.229 e. The summed E-state index contributed by atoms with van der Waals surface area (Å²) < 4.78 is 1.93. The molecule has 0 atom stereocenters. The van der Waals surface area contributed by atoms with E-state index in [9.17, 15) is 0 Å². The standard InChI is InChI=1S/C19H27N5S/c1-7-9-10-17-16-12-20-24(13(3)4)18(16)23-19(22-17)21-14(5)11-15(8-2)25-6/h7-9,12-13H,5,10-11H2,1-4,6H3,(H,21,22,23)/b9-7-,15-8-. The third kappa shape index (κ3) is 4.72. The monoisotopic (exact) mass is 357 g/mol. The molecule has 2 aromatic rings. The van der Waals surface area contributed by atoms with Crippen LogP contribution in [-0.2, 0) is 6.42 Å². The van der Waals surface area contributed by atoms with Gasteiger partial charge in [-0.15, -0.1) is 11.8 Å². The maximum absolute atomic E-state index is 4.70. The highest BCUT2D eigenvalue weighted by atomic mass is 32.2. The molecule has 0 radical (unpaired) electrons. The van der Waals surface area contributed by atoms with Crippen molar-refractivity contribution in [3.8, 4) is 0 Å². The zero-order valence-electron chi connectivity index (χ0n) is 15.7. The second-order valence-electron chi connectivity index (χ2n) is 6.05. The van der Waals surface area contributed by atoms with Crippen molar-refractivity contribution in [1.29, 1.82) is 0 Å². The fourth-order valence-electron chi connectivity index (χ4n) is 2.51. The zero-order chi connectivity index (χ0) is 18.4. The van der Waals surface area contributed by atoms with Crippen LogP contribution < -0.4 is 5.32 Å². The van der Waals surface area contributed by atoms with Gasteiger partial charge >= 0.3 is 0 Å². The summed E-state index contributed by atoms with van der Waals surface area (Å²) >= 11 is 1.73. The lowest BCUT2D eigenvalue weighted by Crippen LogP contribution is -2.08. The van der Waals surface area contributed by atoms with E-state index in [1.165, 1.54) is 4.91 Å². The lowest BCUT2D eigenvalue weighted by Gasteiger charge is -2.12. The first-order valence-electron chi connectivity index (χ1n) is 8.49. The number of rotatable bonds is 8. The van der Waals surface area contributed by atoms with Crippen LogP contribution in [0.2, 0.25) is 0 Å². The van der Waals surface area contributed by atoms with Crippen molar-refractivity contribution in [2.45, 2.75) is 46.6 Å². The molecule has 2 rings (SSSR count). The first kappa shape index (κ1) is 19.2. The van der Waals surface area contributed by atoms with Crippen molar-refractivity contribution in [2.24, 2.45) is 0 Å². The Bertz CT molecular complexity index is 801. The van der Waals surface area contributed by atoms with Gasteiger partial charge in [-0.05, 0) is 38.9 Å². The Labute approximate surface area is 154 Å². The number of anilines is 1.